The number of alkyl halides is 1. The molecule has 0 N–H and O–H groups in total. The zero-order valence-electron chi connectivity index (χ0n) is 16.1. The fourth-order valence-electron chi connectivity index (χ4n) is 5.05. The summed E-state index contributed by atoms with van der Waals surface area (Å²) in [5, 5.41) is -0.667. The minimum absolute atomic E-state index is 0. The molecule has 1 spiro atoms. The molecule has 2 amide bonds. The molecule has 5 heterocycles. The quantitative estimate of drug-likeness (QED) is 0.249. The standard InChI is InChI=1S/C20H16BrN3O4S3.7CH4/c1-22-16-15(25)23-17-19(21,11-20(23,18(22)26)30-29-16)13-9-5-6-10-14(13)24(17)31(27,28)12-7-3-2-4-8-12;;;;;;;/h2-10,16-17H,11H2,1H3;7*1H4/t16-,17+,19+,20-;;;;;;;/m1......./s1. The van der Waals surface area contributed by atoms with Crippen molar-refractivity contribution in [2.24, 2.45) is 0 Å². The monoisotopic (exact) mass is 649 g/mol. The molecule has 0 aromatic heterocycles. The summed E-state index contributed by atoms with van der Waals surface area (Å²) in [5.41, 5.74) is 1.29. The van der Waals surface area contributed by atoms with Crippen LogP contribution in [0.5, 0.6) is 0 Å². The van der Waals surface area contributed by atoms with Crippen molar-refractivity contribution in [3.63, 3.8) is 0 Å². The van der Waals surface area contributed by atoms with Gasteiger partial charge in [-0.25, -0.2) is 12.7 Å². The van der Waals surface area contributed by atoms with Crippen molar-refractivity contribution in [1.29, 1.82) is 0 Å². The number of fused-ring (bicyclic) bond motifs is 5. The molecule has 5 aliphatic heterocycles. The zero-order chi connectivity index (χ0) is 21.8. The molecule has 0 unspecified atom stereocenters. The maximum absolute atomic E-state index is 13.9. The van der Waals surface area contributed by atoms with Crippen LogP contribution in [0.4, 0.5) is 5.69 Å². The van der Waals surface area contributed by atoms with E-state index < -0.39 is 30.8 Å². The second kappa shape index (κ2) is 12.2. The SMILES string of the molecule is C.C.C.C.C.C.C.CN1C(=O)[C@]23C[C@]4(Br)c5ccccc5N(S(=O)(=O)c5ccccc5)[C@@H]4N2C(=O)[C@H]1SS3. The third-order valence-corrected chi connectivity index (χ3v) is 12.5. The summed E-state index contributed by atoms with van der Waals surface area (Å²) in [4.78, 5) is 28.9. The molecule has 11 heteroatoms. The van der Waals surface area contributed by atoms with Gasteiger partial charge in [0.1, 0.15) is 6.17 Å². The van der Waals surface area contributed by atoms with Gasteiger partial charge in [-0.05, 0) is 23.8 Å². The lowest BCUT2D eigenvalue weighted by molar-refractivity contribution is -0.158. The van der Waals surface area contributed by atoms with Gasteiger partial charge in [-0.1, -0.05) is 126 Å². The summed E-state index contributed by atoms with van der Waals surface area (Å²) < 4.78 is 28.2. The number of halogens is 1. The van der Waals surface area contributed by atoms with E-state index in [9.17, 15) is 18.0 Å². The molecule has 5 aliphatic rings. The van der Waals surface area contributed by atoms with Crippen LogP contribution in [0.3, 0.4) is 0 Å². The smallest absolute Gasteiger partial charge is 0.266 e. The van der Waals surface area contributed by atoms with E-state index in [1.807, 2.05) is 12.1 Å². The predicted octanol–water partition coefficient (Wildman–Crippen LogP) is 7.39. The number of anilines is 1. The highest BCUT2D eigenvalue weighted by Gasteiger charge is 2.76. The number of para-hydroxylation sites is 1. The molecule has 4 atom stereocenters. The summed E-state index contributed by atoms with van der Waals surface area (Å²) >= 11 is 3.84. The number of nitrogens with zero attached hydrogens (tertiary/aromatic N) is 3. The highest BCUT2D eigenvalue weighted by atomic mass is 79.9. The van der Waals surface area contributed by atoms with Crippen molar-refractivity contribution in [2.75, 3.05) is 11.4 Å². The van der Waals surface area contributed by atoms with Gasteiger partial charge in [0.2, 0.25) is 0 Å². The number of sulfonamides is 1. The summed E-state index contributed by atoms with van der Waals surface area (Å²) in [7, 11) is 0.366. The van der Waals surface area contributed by atoms with Crippen LogP contribution in [0, 0.1) is 0 Å². The summed E-state index contributed by atoms with van der Waals surface area (Å²) in [6, 6.07) is 15.5. The average molecular weight is 651 g/mol. The number of hydrogen-bond acceptors (Lipinski definition) is 6. The lowest BCUT2D eigenvalue weighted by atomic mass is 9.95. The minimum Gasteiger partial charge on any atom is -0.322 e. The van der Waals surface area contributed by atoms with Crippen LogP contribution >= 0.6 is 37.5 Å². The van der Waals surface area contributed by atoms with Crippen molar-refractivity contribution < 1.29 is 18.0 Å². The Morgan fingerprint density at radius 1 is 0.895 bits per heavy atom. The lowest BCUT2D eigenvalue weighted by Crippen LogP contribution is -2.72. The maximum Gasteiger partial charge on any atom is 0.266 e. The van der Waals surface area contributed by atoms with E-state index >= 15 is 0 Å². The largest absolute Gasteiger partial charge is 0.322 e. The van der Waals surface area contributed by atoms with Crippen molar-refractivity contribution in [3.05, 3.63) is 60.2 Å². The van der Waals surface area contributed by atoms with Gasteiger partial charge in [0.05, 0.1) is 14.9 Å². The number of benzene rings is 2. The van der Waals surface area contributed by atoms with Crippen molar-refractivity contribution in [3.8, 4) is 0 Å². The first-order valence-electron chi connectivity index (χ1n) is 9.56. The molecular weight excluding hydrogens is 606 g/mol. The first-order valence-corrected chi connectivity index (χ1v) is 14.0. The first kappa shape index (κ1) is 38.5. The fraction of sp³-hybridized carbons (Fsp3) is 0.481. The molecule has 2 bridgehead atoms. The predicted molar refractivity (Wildman–Crippen MR) is 170 cm³/mol. The minimum atomic E-state index is -4.00. The Balaban J connectivity index is 0. The topological polar surface area (TPSA) is 78.0 Å². The van der Waals surface area contributed by atoms with Crippen LogP contribution in [0.25, 0.3) is 0 Å². The average Bonchev–Trinajstić information content (AvgIpc) is 3.18. The van der Waals surface area contributed by atoms with E-state index in [4.69, 9.17) is 0 Å². The van der Waals surface area contributed by atoms with Crippen LogP contribution in [-0.4, -0.2) is 53.5 Å². The molecule has 216 valence electrons. The van der Waals surface area contributed by atoms with Gasteiger partial charge < -0.3 is 4.90 Å². The third-order valence-electron chi connectivity index (χ3n) is 6.38. The molecule has 0 saturated carbocycles. The van der Waals surface area contributed by atoms with E-state index in [1.165, 1.54) is 35.7 Å². The molecule has 7 rings (SSSR count). The Morgan fingerprint density at radius 2 is 1.45 bits per heavy atom. The maximum atomic E-state index is 13.9. The molecule has 0 radical (unpaired) electrons. The van der Waals surface area contributed by atoms with E-state index in [0.29, 0.717) is 5.69 Å². The summed E-state index contributed by atoms with van der Waals surface area (Å²) in [6.07, 6.45) is -0.599. The Bertz CT molecular complexity index is 1260. The number of rotatable bonds is 2. The normalized spacial score (nSPS) is 27.4. The number of carbonyl (C=O) groups is 2. The summed E-state index contributed by atoms with van der Waals surface area (Å²) in [5.74, 6) is -0.401. The molecular formula is C27H44BrN3O4S3. The third kappa shape index (κ3) is 4.37. The van der Waals surface area contributed by atoms with Crippen LogP contribution in [-0.2, 0) is 23.9 Å². The van der Waals surface area contributed by atoms with Crippen LogP contribution in [0.2, 0.25) is 0 Å². The van der Waals surface area contributed by atoms with Gasteiger partial charge in [0, 0.05) is 13.5 Å². The lowest BCUT2D eigenvalue weighted by Gasteiger charge is -2.53. The Morgan fingerprint density at radius 3 is 2.05 bits per heavy atom. The molecule has 0 aliphatic carbocycles. The second-order valence-electron chi connectivity index (χ2n) is 7.98. The number of amides is 2. The van der Waals surface area contributed by atoms with Crippen LogP contribution in [0.1, 0.15) is 64.0 Å². The van der Waals surface area contributed by atoms with Gasteiger partial charge >= 0.3 is 0 Å². The van der Waals surface area contributed by atoms with Gasteiger partial charge in [-0.2, -0.15) is 0 Å². The number of likely N-dealkylation sites (N-methyl/N-ethyl adjacent to an activating group) is 1. The summed E-state index contributed by atoms with van der Waals surface area (Å²) in [6.45, 7) is 0. The van der Waals surface area contributed by atoms with Crippen molar-refractivity contribution in [2.45, 2.75) is 84.0 Å². The molecule has 38 heavy (non-hydrogen) atoms. The Hall–Kier alpha value is -1.69. The first-order chi connectivity index (χ1) is 14.7. The van der Waals surface area contributed by atoms with Crippen LogP contribution in [0.15, 0.2) is 59.5 Å². The number of carbonyl (C=O) groups excluding carboxylic acids is 2. The highest BCUT2D eigenvalue weighted by Crippen LogP contribution is 2.69. The zero-order valence-corrected chi connectivity index (χ0v) is 20.2. The van der Waals surface area contributed by atoms with E-state index in [1.54, 1.807) is 49.5 Å². The number of piperazine rings is 1. The van der Waals surface area contributed by atoms with Crippen molar-refractivity contribution >= 4 is 65.0 Å². The Kier molecular flexibility index (Phi) is 12.4. The molecule has 7 nitrogen and oxygen atoms in total. The number of hydrogen-bond donors (Lipinski definition) is 0. The van der Waals surface area contributed by atoms with E-state index in [0.717, 1.165) is 5.56 Å². The highest BCUT2D eigenvalue weighted by molar-refractivity contribution is 9.09. The van der Waals surface area contributed by atoms with Gasteiger partial charge in [0.25, 0.3) is 21.8 Å². The molecule has 4 fully saturated rings. The Labute approximate surface area is 247 Å². The fourth-order valence-corrected chi connectivity index (χ4v) is 11.7. The molecule has 2 aromatic rings. The van der Waals surface area contributed by atoms with Gasteiger partial charge in [-0.15, -0.1) is 0 Å². The molecule has 4 saturated heterocycles. The van der Waals surface area contributed by atoms with Gasteiger partial charge in [-0.3, -0.25) is 14.5 Å². The van der Waals surface area contributed by atoms with E-state index in [-0.39, 0.29) is 75.1 Å². The molecule has 2 aromatic carbocycles. The van der Waals surface area contributed by atoms with Crippen LogP contribution < -0.4 is 4.31 Å². The van der Waals surface area contributed by atoms with E-state index in [2.05, 4.69) is 15.9 Å². The van der Waals surface area contributed by atoms with Crippen molar-refractivity contribution in [1.82, 2.24) is 9.80 Å². The van der Waals surface area contributed by atoms with Gasteiger partial charge in [0.15, 0.2) is 10.2 Å². The second-order valence-corrected chi connectivity index (χ2v) is 13.8.